The number of nitrogens with two attached hydrogens (primary N) is 1. The van der Waals surface area contributed by atoms with Crippen LogP contribution in [-0.4, -0.2) is 22.9 Å². The topological polar surface area (TPSA) is 109 Å². The van der Waals surface area contributed by atoms with E-state index in [0.717, 1.165) is 0 Å². The predicted octanol–water partition coefficient (Wildman–Crippen LogP) is 1.86. The molecule has 0 saturated carbocycles. The molecule has 0 aliphatic carbocycles. The van der Waals surface area contributed by atoms with E-state index in [4.69, 9.17) is 5.73 Å². The summed E-state index contributed by atoms with van der Waals surface area (Å²) in [5.41, 5.74) is 4.53. The second kappa shape index (κ2) is 6.39. The third-order valence-corrected chi connectivity index (χ3v) is 3.76. The Kier molecular flexibility index (Phi) is 5.07. The molecule has 2 amide bonds. The zero-order valence-electron chi connectivity index (χ0n) is 12.3. The van der Waals surface area contributed by atoms with Gasteiger partial charge in [-0.3, -0.25) is 14.4 Å². The molecule has 1 unspecified atom stereocenters. The molecular formula is C15H20N2O4. The van der Waals surface area contributed by atoms with Gasteiger partial charge in [-0.25, -0.2) is 0 Å². The Labute approximate surface area is 123 Å². The highest BCUT2D eigenvalue weighted by atomic mass is 16.4. The molecule has 0 aromatic heterocycles. The largest absolute Gasteiger partial charge is 0.481 e. The van der Waals surface area contributed by atoms with E-state index in [1.165, 1.54) is 13.0 Å². The van der Waals surface area contributed by atoms with Crippen molar-refractivity contribution in [1.29, 1.82) is 0 Å². The highest BCUT2D eigenvalue weighted by molar-refractivity contribution is 6.03. The summed E-state index contributed by atoms with van der Waals surface area (Å²) in [5, 5.41) is 11.9. The first-order valence-corrected chi connectivity index (χ1v) is 6.60. The molecule has 0 fully saturated rings. The minimum atomic E-state index is -1.17. The smallest absolute Gasteiger partial charge is 0.310 e. The number of nitrogens with one attached hydrogen (secondary N) is 1. The van der Waals surface area contributed by atoms with Gasteiger partial charge in [0.25, 0.3) is 5.91 Å². The van der Waals surface area contributed by atoms with Crippen molar-refractivity contribution in [3.63, 3.8) is 0 Å². The van der Waals surface area contributed by atoms with Gasteiger partial charge in [0, 0.05) is 6.42 Å². The van der Waals surface area contributed by atoms with E-state index in [1.54, 1.807) is 32.0 Å². The van der Waals surface area contributed by atoms with E-state index in [0.29, 0.717) is 0 Å². The average Bonchev–Trinajstić information content (AvgIpc) is 2.38. The van der Waals surface area contributed by atoms with Crippen molar-refractivity contribution in [1.82, 2.24) is 0 Å². The van der Waals surface area contributed by atoms with Crippen LogP contribution in [-0.2, 0) is 9.59 Å². The first kappa shape index (κ1) is 16.7. The van der Waals surface area contributed by atoms with Crippen LogP contribution in [0.1, 0.15) is 37.6 Å². The number of anilines is 1. The fourth-order valence-corrected chi connectivity index (χ4v) is 1.86. The van der Waals surface area contributed by atoms with Gasteiger partial charge in [0.1, 0.15) is 0 Å². The Balaban J connectivity index is 2.93. The van der Waals surface area contributed by atoms with Gasteiger partial charge in [-0.15, -0.1) is 0 Å². The summed E-state index contributed by atoms with van der Waals surface area (Å²) in [7, 11) is 0. The molecule has 0 aliphatic heterocycles. The molecule has 1 atom stereocenters. The molecule has 0 bridgehead atoms. The Morgan fingerprint density at radius 3 is 2.33 bits per heavy atom. The Bertz CT molecular complexity index is 569. The molecule has 21 heavy (non-hydrogen) atoms. The van der Waals surface area contributed by atoms with Crippen LogP contribution in [0.2, 0.25) is 0 Å². The Morgan fingerprint density at radius 1 is 1.29 bits per heavy atom. The number of carbonyl (C=O) groups excluding carboxylic acids is 2. The number of para-hydroxylation sites is 1. The first-order valence-electron chi connectivity index (χ1n) is 6.60. The van der Waals surface area contributed by atoms with Crippen LogP contribution in [0.4, 0.5) is 5.69 Å². The summed E-state index contributed by atoms with van der Waals surface area (Å²) in [4.78, 5) is 34.7. The van der Waals surface area contributed by atoms with Gasteiger partial charge in [0.05, 0.1) is 16.7 Å². The summed E-state index contributed by atoms with van der Waals surface area (Å²) < 4.78 is 0. The lowest BCUT2D eigenvalue weighted by Gasteiger charge is -2.28. The Hall–Kier alpha value is -2.37. The van der Waals surface area contributed by atoms with Crippen LogP contribution in [0.5, 0.6) is 0 Å². The molecule has 1 rings (SSSR count). The van der Waals surface area contributed by atoms with Gasteiger partial charge in [-0.05, 0) is 25.0 Å². The van der Waals surface area contributed by atoms with Gasteiger partial charge in [0.2, 0.25) is 5.91 Å². The van der Waals surface area contributed by atoms with Gasteiger partial charge in [-0.1, -0.05) is 26.0 Å². The number of carboxylic acids is 1. The zero-order valence-corrected chi connectivity index (χ0v) is 12.3. The Morgan fingerprint density at radius 2 is 1.86 bits per heavy atom. The second-order valence-electron chi connectivity index (χ2n) is 5.51. The number of benzene rings is 1. The normalized spacial score (nSPS) is 13.5. The van der Waals surface area contributed by atoms with Crippen LogP contribution in [0.25, 0.3) is 0 Å². The van der Waals surface area contributed by atoms with Crippen molar-refractivity contribution in [3.05, 3.63) is 29.8 Å². The fourth-order valence-electron chi connectivity index (χ4n) is 1.86. The van der Waals surface area contributed by atoms with Gasteiger partial charge in [-0.2, -0.15) is 0 Å². The summed E-state index contributed by atoms with van der Waals surface area (Å²) in [6, 6.07) is 6.33. The number of hydrogen-bond acceptors (Lipinski definition) is 3. The van der Waals surface area contributed by atoms with E-state index in [-0.39, 0.29) is 23.6 Å². The van der Waals surface area contributed by atoms with Crippen molar-refractivity contribution in [2.75, 3.05) is 5.32 Å². The SMILES string of the molecule is CC(C)C(C)(CC(=O)Nc1ccccc1C(N)=O)C(=O)O. The van der Waals surface area contributed by atoms with Crippen molar-refractivity contribution < 1.29 is 19.5 Å². The number of carbonyl (C=O) groups is 3. The lowest BCUT2D eigenvalue weighted by Crippen LogP contribution is -2.37. The van der Waals surface area contributed by atoms with E-state index in [1.807, 2.05) is 0 Å². The maximum absolute atomic E-state index is 12.1. The third-order valence-electron chi connectivity index (χ3n) is 3.76. The molecule has 1 aromatic carbocycles. The number of aliphatic carboxylic acids is 1. The average molecular weight is 292 g/mol. The molecular weight excluding hydrogens is 272 g/mol. The van der Waals surface area contributed by atoms with Gasteiger partial charge in [0.15, 0.2) is 0 Å². The van der Waals surface area contributed by atoms with Crippen LogP contribution in [0, 0.1) is 11.3 Å². The van der Waals surface area contributed by atoms with Crippen molar-refractivity contribution in [2.24, 2.45) is 17.1 Å². The monoisotopic (exact) mass is 292 g/mol. The minimum absolute atomic E-state index is 0.187. The zero-order chi connectivity index (χ0) is 16.2. The third kappa shape index (κ3) is 3.81. The standard InChI is InChI=1S/C15H20N2O4/c1-9(2)15(3,14(20)21)8-12(18)17-11-7-5-4-6-10(11)13(16)19/h4-7,9H,8H2,1-3H3,(H2,16,19)(H,17,18)(H,20,21). The number of carboxylic acid groups (broad SMARTS) is 1. The molecule has 6 heteroatoms. The molecule has 0 aliphatic rings. The number of primary amides is 1. The molecule has 114 valence electrons. The van der Waals surface area contributed by atoms with E-state index in [2.05, 4.69) is 5.32 Å². The summed E-state index contributed by atoms with van der Waals surface area (Å²) in [5.74, 6) is -2.37. The number of amides is 2. The van der Waals surface area contributed by atoms with E-state index in [9.17, 15) is 19.5 Å². The maximum atomic E-state index is 12.1. The summed E-state index contributed by atoms with van der Waals surface area (Å²) in [6.45, 7) is 5.02. The van der Waals surface area contributed by atoms with Crippen molar-refractivity contribution in [2.45, 2.75) is 27.2 Å². The maximum Gasteiger partial charge on any atom is 0.310 e. The van der Waals surface area contributed by atoms with E-state index >= 15 is 0 Å². The molecule has 0 spiro atoms. The first-order chi connectivity index (χ1) is 9.68. The molecule has 1 aromatic rings. The molecule has 0 heterocycles. The van der Waals surface area contributed by atoms with Gasteiger partial charge >= 0.3 is 5.97 Å². The van der Waals surface area contributed by atoms with Crippen molar-refractivity contribution in [3.8, 4) is 0 Å². The van der Waals surface area contributed by atoms with Crippen LogP contribution >= 0.6 is 0 Å². The fraction of sp³-hybridized carbons (Fsp3) is 0.400. The number of hydrogen-bond donors (Lipinski definition) is 3. The summed E-state index contributed by atoms with van der Waals surface area (Å²) >= 11 is 0. The second-order valence-corrected chi connectivity index (χ2v) is 5.51. The summed E-state index contributed by atoms with van der Waals surface area (Å²) in [6.07, 6.45) is -0.187. The minimum Gasteiger partial charge on any atom is -0.481 e. The lowest BCUT2D eigenvalue weighted by atomic mass is 9.76. The van der Waals surface area contributed by atoms with Crippen LogP contribution in [0.15, 0.2) is 24.3 Å². The van der Waals surface area contributed by atoms with Gasteiger partial charge < -0.3 is 16.2 Å². The molecule has 0 radical (unpaired) electrons. The molecule has 6 nitrogen and oxygen atoms in total. The molecule has 0 saturated heterocycles. The van der Waals surface area contributed by atoms with Crippen molar-refractivity contribution >= 4 is 23.5 Å². The van der Waals surface area contributed by atoms with Crippen LogP contribution in [0.3, 0.4) is 0 Å². The predicted molar refractivity (Wildman–Crippen MR) is 78.8 cm³/mol. The van der Waals surface area contributed by atoms with Crippen LogP contribution < -0.4 is 11.1 Å². The number of rotatable bonds is 6. The molecule has 4 N–H and O–H groups in total. The quantitative estimate of drug-likeness (QED) is 0.743. The lowest BCUT2D eigenvalue weighted by molar-refractivity contribution is -0.153. The highest BCUT2D eigenvalue weighted by Crippen LogP contribution is 2.32. The highest BCUT2D eigenvalue weighted by Gasteiger charge is 2.38. The van der Waals surface area contributed by atoms with E-state index < -0.39 is 23.2 Å².